The molecule has 0 bridgehead atoms. The van der Waals surface area contributed by atoms with Gasteiger partial charge in [-0.15, -0.1) is 0 Å². The van der Waals surface area contributed by atoms with Crippen LogP contribution in [0, 0.1) is 11.3 Å². The van der Waals surface area contributed by atoms with Crippen molar-refractivity contribution in [2.75, 3.05) is 13.2 Å². The number of esters is 1. The predicted octanol–water partition coefficient (Wildman–Crippen LogP) is 2.74. The Hall–Kier alpha value is -0.570. The van der Waals surface area contributed by atoms with Crippen molar-refractivity contribution in [2.24, 2.45) is 11.3 Å². The summed E-state index contributed by atoms with van der Waals surface area (Å²) >= 11 is 0. The lowest BCUT2D eigenvalue weighted by atomic mass is 9.92. The van der Waals surface area contributed by atoms with E-state index in [2.05, 4.69) is 26.1 Å². The Kier molecular flexibility index (Phi) is 5.44. The standard InChI is InChI=1S/C14H27NO2/c1-5-17-13(16)11-7-6-8-12(11)15-10-9-14(2,3)4/h11-12,15H,5-10H2,1-4H3. The second-order valence-electron chi connectivity index (χ2n) is 6.16. The van der Waals surface area contributed by atoms with Crippen LogP contribution in [0.2, 0.25) is 0 Å². The van der Waals surface area contributed by atoms with Gasteiger partial charge in [-0.2, -0.15) is 0 Å². The molecule has 1 saturated carbocycles. The van der Waals surface area contributed by atoms with Crippen molar-refractivity contribution in [3.05, 3.63) is 0 Å². The average Bonchev–Trinajstić information content (AvgIpc) is 2.64. The van der Waals surface area contributed by atoms with Crippen LogP contribution in [0.4, 0.5) is 0 Å². The third-order valence-corrected chi connectivity index (χ3v) is 3.39. The van der Waals surface area contributed by atoms with Crippen LogP contribution < -0.4 is 5.32 Å². The number of ether oxygens (including phenoxy) is 1. The molecule has 0 saturated heterocycles. The highest BCUT2D eigenvalue weighted by Crippen LogP contribution is 2.27. The van der Waals surface area contributed by atoms with E-state index in [1.807, 2.05) is 6.92 Å². The SMILES string of the molecule is CCOC(=O)C1CCCC1NCCC(C)(C)C. The Labute approximate surface area is 105 Å². The monoisotopic (exact) mass is 241 g/mol. The van der Waals surface area contributed by atoms with E-state index in [-0.39, 0.29) is 11.9 Å². The van der Waals surface area contributed by atoms with Crippen LogP contribution in [-0.2, 0) is 9.53 Å². The molecule has 1 rings (SSSR count). The van der Waals surface area contributed by atoms with Crippen molar-refractivity contribution in [1.82, 2.24) is 5.32 Å². The number of carbonyl (C=O) groups excluding carboxylic acids is 1. The van der Waals surface area contributed by atoms with E-state index in [4.69, 9.17) is 4.74 Å². The number of hydrogen-bond donors (Lipinski definition) is 1. The number of nitrogens with one attached hydrogen (secondary N) is 1. The van der Waals surface area contributed by atoms with Crippen LogP contribution in [0.3, 0.4) is 0 Å². The fraction of sp³-hybridized carbons (Fsp3) is 0.929. The molecule has 0 aromatic carbocycles. The average molecular weight is 241 g/mol. The zero-order valence-electron chi connectivity index (χ0n) is 11.7. The fourth-order valence-electron chi connectivity index (χ4n) is 2.37. The lowest BCUT2D eigenvalue weighted by Crippen LogP contribution is -2.38. The van der Waals surface area contributed by atoms with Gasteiger partial charge in [0.1, 0.15) is 0 Å². The summed E-state index contributed by atoms with van der Waals surface area (Å²) in [6.45, 7) is 10.1. The molecule has 0 radical (unpaired) electrons. The highest BCUT2D eigenvalue weighted by molar-refractivity contribution is 5.73. The Morgan fingerprint density at radius 3 is 2.65 bits per heavy atom. The maximum atomic E-state index is 11.8. The summed E-state index contributed by atoms with van der Waals surface area (Å²) in [5, 5.41) is 3.53. The third kappa shape index (κ3) is 5.07. The van der Waals surface area contributed by atoms with Crippen molar-refractivity contribution in [3.8, 4) is 0 Å². The van der Waals surface area contributed by atoms with Crippen LogP contribution >= 0.6 is 0 Å². The molecule has 1 N–H and O–H groups in total. The predicted molar refractivity (Wildman–Crippen MR) is 69.8 cm³/mol. The van der Waals surface area contributed by atoms with Crippen LogP contribution in [0.15, 0.2) is 0 Å². The summed E-state index contributed by atoms with van der Waals surface area (Å²) in [6.07, 6.45) is 4.36. The van der Waals surface area contributed by atoms with E-state index < -0.39 is 0 Å². The van der Waals surface area contributed by atoms with Gasteiger partial charge in [-0.05, 0) is 38.1 Å². The van der Waals surface area contributed by atoms with E-state index >= 15 is 0 Å². The van der Waals surface area contributed by atoms with Gasteiger partial charge in [-0.1, -0.05) is 27.2 Å². The second-order valence-corrected chi connectivity index (χ2v) is 6.16. The summed E-state index contributed by atoms with van der Waals surface area (Å²) in [5.41, 5.74) is 0.352. The first-order valence-corrected chi connectivity index (χ1v) is 6.84. The maximum Gasteiger partial charge on any atom is 0.310 e. The molecule has 0 aromatic rings. The molecule has 3 heteroatoms. The van der Waals surface area contributed by atoms with Gasteiger partial charge in [-0.25, -0.2) is 0 Å². The van der Waals surface area contributed by atoms with Gasteiger partial charge in [0.15, 0.2) is 0 Å². The molecule has 0 spiro atoms. The zero-order chi connectivity index (χ0) is 12.9. The van der Waals surface area contributed by atoms with Crippen LogP contribution in [0.25, 0.3) is 0 Å². The van der Waals surface area contributed by atoms with Crippen molar-refractivity contribution >= 4 is 5.97 Å². The fourth-order valence-corrected chi connectivity index (χ4v) is 2.37. The molecule has 2 atom stereocenters. The number of hydrogen-bond acceptors (Lipinski definition) is 3. The molecule has 3 nitrogen and oxygen atoms in total. The first kappa shape index (κ1) is 14.5. The van der Waals surface area contributed by atoms with E-state index in [0.29, 0.717) is 18.1 Å². The van der Waals surface area contributed by atoms with E-state index in [9.17, 15) is 4.79 Å². The molecule has 17 heavy (non-hydrogen) atoms. The van der Waals surface area contributed by atoms with Crippen molar-refractivity contribution in [2.45, 2.75) is 59.4 Å². The summed E-state index contributed by atoms with van der Waals surface area (Å²) in [5.74, 6) is 0.0631. The van der Waals surface area contributed by atoms with Gasteiger partial charge in [0, 0.05) is 6.04 Å². The number of rotatable bonds is 5. The lowest BCUT2D eigenvalue weighted by molar-refractivity contribution is -0.148. The largest absolute Gasteiger partial charge is 0.466 e. The lowest BCUT2D eigenvalue weighted by Gasteiger charge is -2.23. The van der Waals surface area contributed by atoms with E-state index in [1.54, 1.807) is 0 Å². The molecule has 2 unspecified atom stereocenters. The molecule has 1 aliphatic rings. The van der Waals surface area contributed by atoms with Crippen LogP contribution in [0.5, 0.6) is 0 Å². The molecule has 1 aliphatic carbocycles. The summed E-state index contributed by atoms with van der Waals surface area (Å²) in [6, 6.07) is 0.330. The third-order valence-electron chi connectivity index (χ3n) is 3.39. The van der Waals surface area contributed by atoms with Gasteiger partial charge in [0.25, 0.3) is 0 Å². The first-order chi connectivity index (χ1) is 7.94. The summed E-state index contributed by atoms with van der Waals surface area (Å²) in [4.78, 5) is 11.8. The smallest absolute Gasteiger partial charge is 0.310 e. The minimum absolute atomic E-state index is 0.0155. The summed E-state index contributed by atoms with van der Waals surface area (Å²) in [7, 11) is 0. The minimum Gasteiger partial charge on any atom is -0.466 e. The second kappa shape index (κ2) is 6.39. The molecular formula is C14H27NO2. The Bertz CT molecular complexity index is 245. The Balaban J connectivity index is 2.34. The molecule has 0 aliphatic heterocycles. The molecular weight excluding hydrogens is 214 g/mol. The van der Waals surface area contributed by atoms with Crippen molar-refractivity contribution in [1.29, 1.82) is 0 Å². The zero-order valence-corrected chi connectivity index (χ0v) is 11.7. The van der Waals surface area contributed by atoms with Crippen molar-refractivity contribution in [3.63, 3.8) is 0 Å². The van der Waals surface area contributed by atoms with E-state index in [1.165, 1.54) is 0 Å². The van der Waals surface area contributed by atoms with Gasteiger partial charge >= 0.3 is 5.97 Å². The van der Waals surface area contributed by atoms with E-state index in [0.717, 1.165) is 32.2 Å². The molecule has 100 valence electrons. The number of carbonyl (C=O) groups is 1. The molecule has 0 amide bonds. The van der Waals surface area contributed by atoms with Crippen LogP contribution in [-0.4, -0.2) is 25.2 Å². The highest BCUT2D eigenvalue weighted by atomic mass is 16.5. The van der Waals surface area contributed by atoms with Gasteiger partial charge in [0.05, 0.1) is 12.5 Å². The first-order valence-electron chi connectivity index (χ1n) is 6.84. The minimum atomic E-state index is -0.0155. The molecule has 0 heterocycles. The molecule has 0 aromatic heterocycles. The quantitative estimate of drug-likeness (QED) is 0.752. The Morgan fingerprint density at radius 1 is 1.35 bits per heavy atom. The van der Waals surface area contributed by atoms with Crippen molar-refractivity contribution < 1.29 is 9.53 Å². The highest BCUT2D eigenvalue weighted by Gasteiger charge is 2.33. The van der Waals surface area contributed by atoms with Gasteiger partial charge in [0.2, 0.25) is 0 Å². The maximum absolute atomic E-state index is 11.8. The normalized spacial score (nSPS) is 24.9. The molecule has 1 fully saturated rings. The summed E-state index contributed by atoms with van der Waals surface area (Å²) < 4.78 is 5.12. The Morgan fingerprint density at radius 2 is 2.06 bits per heavy atom. The van der Waals surface area contributed by atoms with Gasteiger partial charge < -0.3 is 10.1 Å². The topological polar surface area (TPSA) is 38.3 Å². The van der Waals surface area contributed by atoms with Crippen LogP contribution in [0.1, 0.15) is 53.4 Å². The van der Waals surface area contributed by atoms with Gasteiger partial charge in [-0.3, -0.25) is 4.79 Å².